The first-order valence-corrected chi connectivity index (χ1v) is 2.92. The van der Waals surface area contributed by atoms with Gasteiger partial charge in [-0.1, -0.05) is 12.1 Å². The van der Waals surface area contributed by atoms with Crippen molar-refractivity contribution < 1.29 is 37.7 Å². The SMILES string of the molecule is [CH2-]c1ccc(NC)cc1.[Ho]. The Morgan fingerprint density at radius 2 is 1.70 bits per heavy atom. The van der Waals surface area contributed by atoms with Gasteiger partial charge in [-0.05, 0) is 0 Å². The van der Waals surface area contributed by atoms with E-state index in [4.69, 9.17) is 0 Å². The molecule has 0 heterocycles. The minimum atomic E-state index is 0. The topological polar surface area (TPSA) is 12.0 Å². The number of hydrogen-bond donors (Lipinski definition) is 1. The number of benzene rings is 1. The number of rotatable bonds is 1. The maximum absolute atomic E-state index is 3.77. The summed E-state index contributed by atoms with van der Waals surface area (Å²) in [5.74, 6) is 0. The van der Waals surface area contributed by atoms with Gasteiger partial charge in [-0.2, -0.15) is 24.6 Å². The predicted molar refractivity (Wildman–Crippen MR) is 40.4 cm³/mol. The molecule has 0 atom stereocenters. The van der Waals surface area contributed by atoms with Crippen LogP contribution in [0.5, 0.6) is 0 Å². The summed E-state index contributed by atoms with van der Waals surface area (Å²) in [5.41, 5.74) is 2.18. The summed E-state index contributed by atoms with van der Waals surface area (Å²) in [4.78, 5) is 0. The minimum absolute atomic E-state index is 0. The summed E-state index contributed by atoms with van der Waals surface area (Å²) in [6.07, 6.45) is 0. The van der Waals surface area contributed by atoms with Gasteiger partial charge >= 0.3 is 0 Å². The van der Waals surface area contributed by atoms with Crippen LogP contribution in [0.4, 0.5) is 5.69 Å². The molecule has 0 unspecified atom stereocenters. The first-order chi connectivity index (χ1) is 4.33. The molecule has 1 aromatic rings. The van der Waals surface area contributed by atoms with E-state index in [-0.39, 0.29) is 37.7 Å². The third-order valence-electron chi connectivity index (χ3n) is 1.24. The summed E-state index contributed by atoms with van der Waals surface area (Å²) >= 11 is 0. The molecule has 1 rings (SSSR count). The Bertz CT molecular complexity index is 181. The van der Waals surface area contributed by atoms with Crippen molar-refractivity contribution in [2.24, 2.45) is 0 Å². The molecule has 0 spiro atoms. The zero-order valence-electron chi connectivity index (χ0n) is 5.82. The number of anilines is 1. The Kier molecular flexibility index (Phi) is 4.96. The Morgan fingerprint density at radius 3 is 2.10 bits per heavy atom. The molecule has 1 N–H and O–H groups in total. The molecular weight excluding hydrogens is 275 g/mol. The molecule has 0 amide bonds. The molecule has 1 aromatic carbocycles. The van der Waals surface area contributed by atoms with Gasteiger partial charge in [-0.25, -0.2) is 0 Å². The second-order valence-electron chi connectivity index (χ2n) is 1.95. The Hall–Kier alpha value is 0.150. The summed E-state index contributed by atoms with van der Waals surface area (Å²) in [5, 5.41) is 3.03. The van der Waals surface area contributed by atoms with Crippen LogP contribution in [0.1, 0.15) is 5.56 Å². The molecule has 0 aromatic heterocycles. The monoisotopic (exact) mass is 285 g/mol. The van der Waals surface area contributed by atoms with Crippen LogP contribution >= 0.6 is 0 Å². The Balaban J connectivity index is 0.000000810. The van der Waals surface area contributed by atoms with Gasteiger partial charge in [-0.3, -0.25) is 0 Å². The van der Waals surface area contributed by atoms with Gasteiger partial charge in [0.1, 0.15) is 0 Å². The fourth-order valence-electron chi connectivity index (χ4n) is 0.671. The van der Waals surface area contributed by atoms with Gasteiger partial charge in [0.05, 0.1) is 0 Å². The molecule has 0 saturated carbocycles. The van der Waals surface area contributed by atoms with Crippen molar-refractivity contribution in [1.82, 2.24) is 0 Å². The van der Waals surface area contributed by atoms with Crippen LogP contribution < -0.4 is 5.32 Å². The van der Waals surface area contributed by atoms with Gasteiger partial charge in [0.15, 0.2) is 0 Å². The smallest absolute Gasteiger partial charge is 0.00914 e. The van der Waals surface area contributed by atoms with Crippen LogP contribution in [-0.4, -0.2) is 7.05 Å². The summed E-state index contributed by atoms with van der Waals surface area (Å²) in [6, 6.07) is 7.96. The molecule has 0 saturated heterocycles. The maximum Gasteiger partial charge on any atom is 0.00914 e. The molecule has 1 nitrogen and oxygen atoms in total. The molecule has 10 heavy (non-hydrogen) atoms. The quantitative estimate of drug-likeness (QED) is 0.614. The molecular formula is C8H10HoN-. The van der Waals surface area contributed by atoms with Gasteiger partial charge in [-0.15, -0.1) is 0 Å². The molecule has 0 fully saturated rings. The second-order valence-corrected chi connectivity index (χ2v) is 1.95. The van der Waals surface area contributed by atoms with Crippen LogP contribution in [0.3, 0.4) is 0 Å². The van der Waals surface area contributed by atoms with Crippen LogP contribution in [0.15, 0.2) is 24.3 Å². The van der Waals surface area contributed by atoms with Crippen molar-refractivity contribution in [2.45, 2.75) is 0 Å². The summed E-state index contributed by atoms with van der Waals surface area (Å²) in [6.45, 7) is 3.77. The van der Waals surface area contributed by atoms with E-state index in [2.05, 4.69) is 12.2 Å². The second kappa shape index (κ2) is 4.89. The van der Waals surface area contributed by atoms with Crippen molar-refractivity contribution in [2.75, 3.05) is 12.4 Å². The van der Waals surface area contributed by atoms with Crippen molar-refractivity contribution in [3.63, 3.8) is 0 Å². The molecule has 0 aliphatic rings. The first-order valence-electron chi connectivity index (χ1n) is 2.92. The fourth-order valence-corrected chi connectivity index (χ4v) is 0.671. The van der Waals surface area contributed by atoms with Crippen LogP contribution in [-0.2, 0) is 0 Å². The third kappa shape index (κ3) is 2.82. The molecule has 0 aliphatic heterocycles. The number of hydrogen-bond acceptors (Lipinski definition) is 1. The summed E-state index contributed by atoms with van der Waals surface area (Å²) in [7, 11) is 1.90. The normalized spacial score (nSPS) is 8.10. The summed E-state index contributed by atoms with van der Waals surface area (Å²) < 4.78 is 0. The number of nitrogens with one attached hydrogen (secondary N) is 1. The van der Waals surface area contributed by atoms with E-state index in [1.54, 1.807) is 0 Å². The average molecular weight is 285 g/mol. The third-order valence-corrected chi connectivity index (χ3v) is 1.24. The fraction of sp³-hybridized carbons (Fsp3) is 0.125. The van der Waals surface area contributed by atoms with Gasteiger partial charge in [0, 0.05) is 50.5 Å². The van der Waals surface area contributed by atoms with Gasteiger partial charge in [0.2, 0.25) is 0 Å². The Morgan fingerprint density at radius 1 is 1.20 bits per heavy atom. The van der Waals surface area contributed by atoms with E-state index >= 15 is 0 Å². The van der Waals surface area contributed by atoms with Gasteiger partial charge < -0.3 is 5.32 Å². The standard InChI is InChI=1S/C8H10N.Ho/c1-7-3-5-8(9-2)6-4-7;/h3-6,9H,1H2,2H3;/q-1;. The van der Waals surface area contributed by atoms with Crippen molar-refractivity contribution in [3.8, 4) is 0 Å². The first kappa shape index (κ1) is 10.1. The molecule has 0 bridgehead atoms. The van der Waals surface area contributed by atoms with E-state index in [1.165, 1.54) is 0 Å². The molecule has 0 aliphatic carbocycles. The molecule has 59 valence electrons. The van der Waals surface area contributed by atoms with E-state index in [0.29, 0.717) is 0 Å². The van der Waals surface area contributed by atoms with Crippen molar-refractivity contribution in [3.05, 3.63) is 36.8 Å². The van der Waals surface area contributed by atoms with E-state index in [9.17, 15) is 0 Å². The molecule has 2 heteroatoms. The Labute approximate surface area is 91.8 Å². The maximum atomic E-state index is 3.77. The van der Waals surface area contributed by atoms with Crippen LogP contribution in [0, 0.1) is 44.7 Å². The molecule has 1 radical (unpaired) electrons. The van der Waals surface area contributed by atoms with E-state index < -0.39 is 0 Å². The van der Waals surface area contributed by atoms with Gasteiger partial charge in [0.25, 0.3) is 0 Å². The largest absolute Gasteiger partial charge is 0.390 e. The zero-order chi connectivity index (χ0) is 6.69. The zero-order valence-corrected chi connectivity index (χ0v) is 7.75. The van der Waals surface area contributed by atoms with Crippen molar-refractivity contribution >= 4 is 5.69 Å². The minimum Gasteiger partial charge on any atom is -0.390 e. The predicted octanol–water partition coefficient (Wildman–Crippen LogP) is 1.91. The average Bonchev–Trinajstić information content (AvgIpc) is 1.90. The van der Waals surface area contributed by atoms with Crippen LogP contribution in [0.25, 0.3) is 0 Å². The van der Waals surface area contributed by atoms with Crippen LogP contribution in [0.2, 0.25) is 0 Å². The van der Waals surface area contributed by atoms with E-state index in [1.807, 2.05) is 31.3 Å². The van der Waals surface area contributed by atoms with Crippen molar-refractivity contribution in [1.29, 1.82) is 0 Å². The van der Waals surface area contributed by atoms with E-state index in [0.717, 1.165) is 11.3 Å².